The van der Waals surface area contributed by atoms with Crippen molar-refractivity contribution in [3.63, 3.8) is 0 Å². The van der Waals surface area contributed by atoms with E-state index in [-0.39, 0.29) is 0 Å². The van der Waals surface area contributed by atoms with E-state index in [0.29, 0.717) is 17.5 Å². The summed E-state index contributed by atoms with van der Waals surface area (Å²) in [6, 6.07) is 80.2. The molecule has 62 heavy (non-hydrogen) atoms. The number of fused-ring (bicyclic) bond motifs is 5. The van der Waals surface area contributed by atoms with Gasteiger partial charge in [-0.15, -0.1) is 0 Å². The molecule has 11 aromatic carbocycles. The van der Waals surface area contributed by atoms with Crippen LogP contribution in [0.5, 0.6) is 0 Å². The van der Waals surface area contributed by atoms with Gasteiger partial charge in [-0.1, -0.05) is 200 Å². The first-order valence-electron chi connectivity index (χ1n) is 21.1. The fourth-order valence-corrected chi connectivity index (χ4v) is 9.24. The van der Waals surface area contributed by atoms with E-state index in [1.54, 1.807) is 0 Å². The molecule has 0 saturated heterocycles. The number of hydrogen-bond acceptors (Lipinski definition) is 3. The number of aromatic nitrogens is 3. The minimum Gasteiger partial charge on any atom is -0.208 e. The molecule has 0 aliphatic rings. The average Bonchev–Trinajstić information content (AvgIpc) is 3.35. The molecule has 0 aliphatic heterocycles. The van der Waals surface area contributed by atoms with Crippen LogP contribution >= 0.6 is 0 Å². The van der Waals surface area contributed by atoms with Gasteiger partial charge in [0.2, 0.25) is 0 Å². The summed E-state index contributed by atoms with van der Waals surface area (Å²) in [7, 11) is 0. The molecule has 0 spiro atoms. The lowest BCUT2D eigenvalue weighted by Crippen LogP contribution is -2.01. The monoisotopic (exact) mass is 787 g/mol. The summed E-state index contributed by atoms with van der Waals surface area (Å²) in [5.74, 6) is 1.89. The Morgan fingerprint density at radius 1 is 0.194 bits per heavy atom. The molecule has 0 bridgehead atoms. The topological polar surface area (TPSA) is 38.7 Å². The van der Waals surface area contributed by atoms with Gasteiger partial charge in [-0.2, -0.15) is 0 Å². The maximum absolute atomic E-state index is 5.36. The molecule has 12 aromatic rings. The van der Waals surface area contributed by atoms with Crippen molar-refractivity contribution in [3.05, 3.63) is 224 Å². The quantitative estimate of drug-likeness (QED) is 0.168. The van der Waals surface area contributed by atoms with Gasteiger partial charge in [0, 0.05) is 16.7 Å². The van der Waals surface area contributed by atoms with Crippen molar-refractivity contribution in [1.82, 2.24) is 15.0 Å². The fraction of sp³-hybridized carbons (Fsp3) is 0. The maximum Gasteiger partial charge on any atom is 0.164 e. The first kappa shape index (κ1) is 35.7. The molecule has 0 N–H and O–H groups in total. The molecule has 288 valence electrons. The summed E-state index contributed by atoms with van der Waals surface area (Å²) in [5, 5.41) is 11.6. The summed E-state index contributed by atoms with van der Waals surface area (Å²) in [6.07, 6.45) is 0. The highest BCUT2D eigenvalue weighted by molar-refractivity contribution is 6.08. The Bertz CT molecular complexity index is 3700. The van der Waals surface area contributed by atoms with Crippen LogP contribution in [-0.4, -0.2) is 15.0 Å². The molecule has 0 atom stereocenters. The second-order valence-electron chi connectivity index (χ2n) is 16.0. The van der Waals surface area contributed by atoms with E-state index in [2.05, 4.69) is 224 Å². The van der Waals surface area contributed by atoms with Crippen LogP contribution in [0.1, 0.15) is 0 Å². The van der Waals surface area contributed by atoms with E-state index in [1.165, 1.54) is 54.9 Å². The maximum atomic E-state index is 5.36. The normalized spacial score (nSPS) is 11.5. The Morgan fingerprint density at radius 3 is 1.47 bits per heavy atom. The largest absolute Gasteiger partial charge is 0.208 e. The van der Waals surface area contributed by atoms with E-state index in [1.807, 2.05) is 0 Å². The Balaban J connectivity index is 1.07. The average molecular weight is 788 g/mol. The van der Waals surface area contributed by atoms with Gasteiger partial charge in [-0.05, 0) is 112 Å². The molecule has 0 saturated carbocycles. The van der Waals surface area contributed by atoms with Crippen molar-refractivity contribution in [2.45, 2.75) is 0 Å². The zero-order valence-electron chi connectivity index (χ0n) is 33.7. The molecular weight excluding hydrogens is 751 g/mol. The molecular formula is C59H37N3. The summed E-state index contributed by atoms with van der Waals surface area (Å²) >= 11 is 0. The second kappa shape index (κ2) is 14.8. The van der Waals surface area contributed by atoms with Crippen molar-refractivity contribution >= 4 is 53.9 Å². The SMILES string of the molecule is c1ccc(-c2ccc3c(-c4nc(-c5ccc6cccc(-c7cccc8ccccc78)c6c5)nc(-c5ccc(-c6ccc7ccccc7c6)c6ccccc56)n4)cccc3c2)cc1. The summed E-state index contributed by atoms with van der Waals surface area (Å²) in [5.41, 5.74) is 9.92. The molecule has 0 fully saturated rings. The highest BCUT2D eigenvalue weighted by Crippen LogP contribution is 2.40. The second-order valence-corrected chi connectivity index (χ2v) is 16.0. The van der Waals surface area contributed by atoms with Crippen molar-refractivity contribution < 1.29 is 0 Å². The summed E-state index contributed by atoms with van der Waals surface area (Å²) in [4.78, 5) is 16.1. The Morgan fingerprint density at radius 2 is 0.677 bits per heavy atom. The zero-order chi connectivity index (χ0) is 41.0. The van der Waals surface area contributed by atoms with Gasteiger partial charge < -0.3 is 0 Å². The van der Waals surface area contributed by atoms with Crippen molar-refractivity contribution in [3.8, 4) is 67.5 Å². The Labute approximate surface area is 359 Å². The molecule has 0 radical (unpaired) electrons. The third-order valence-corrected chi connectivity index (χ3v) is 12.3. The van der Waals surface area contributed by atoms with E-state index in [0.717, 1.165) is 49.0 Å². The van der Waals surface area contributed by atoms with Crippen LogP contribution < -0.4 is 0 Å². The predicted molar refractivity (Wildman–Crippen MR) is 260 cm³/mol. The summed E-state index contributed by atoms with van der Waals surface area (Å²) in [6.45, 7) is 0. The number of nitrogens with zero attached hydrogens (tertiary/aromatic N) is 3. The third-order valence-electron chi connectivity index (χ3n) is 12.3. The fourth-order valence-electron chi connectivity index (χ4n) is 9.24. The van der Waals surface area contributed by atoms with Gasteiger partial charge in [-0.3, -0.25) is 0 Å². The molecule has 12 rings (SSSR count). The third kappa shape index (κ3) is 6.18. The van der Waals surface area contributed by atoms with Gasteiger partial charge in [-0.25, -0.2) is 15.0 Å². The number of rotatable bonds is 6. The van der Waals surface area contributed by atoms with Gasteiger partial charge in [0.15, 0.2) is 17.5 Å². The van der Waals surface area contributed by atoms with Crippen molar-refractivity contribution in [1.29, 1.82) is 0 Å². The lowest BCUT2D eigenvalue weighted by atomic mass is 9.93. The van der Waals surface area contributed by atoms with E-state index < -0.39 is 0 Å². The van der Waals surface area contributed by atoms with Crippen LogP contribution in [-0.2, 0) is 0 Å². The van der Waals surface area contributed by atoms with Crippen LogP contribution in [0.3, 0.4) is 0 Å². The zero-order valence-corrected chi connectivity index (χ0v) is 33.7. The first-order valence-corrected chi connectivity index (χ1v) is 21.1. The lowest BCUT2D eigenvalue weighted by molar-refractivity contribution is 1.08. The number of hydrogen-bond donors (Lipinski definition) is 0. The first-order chi connectivity index (χ1) is 30.7. The highest BCUT2D eigenvalue weighted by Gasteiger charge is 2.19. The molecule has 3 heteroatoms. The molecule has 1 heterocycles. The molecule has 0 aliphatic carbocycles. The predicted octanol–water partition coefficient (Wildman–Crippen LogP) is 15.6. The van der Waals surface area contributed by atoms with Crippen LogP contribution in [0.2, 0.25) is 0 Å². The van der Waals surface area contributed by atoms with Gasteiger partial charge in [0.25, 0.3) is 0 Å². The van der Waals surface area contributed by atoms with Crippen molar-refractivity contribution in [2.75, 3.05) is 0 Å². The van der Waals surface area contributed by atoms with Crippen LogP contribution in [0.15, 0.2) is 224 Å². The number of benzene rings is 11. The summed E-state index contributed by atoms with van der Waals surface area (Å²) < 4.78 is 0. The minimum absolute atomic E-state index is 0.625. The smallest absolute Gasteiger partial charge is 0.164 e. The lowest BCUT2D eigenvalue weighted by Gasteiger charge is -2.15. The standard InChI is InChI=1S/C59H37N3/c1-2-13-38(14-3-1)43-31-32-49-44(36-43)20-12-26-54(49)58-60-57(46-30-28-41-19-11-25-53(56(41)37-46)51-24-10-18-40-16-6-7-21-47(40)51)61-59(62-58)55-34-33-48(50-22-8-9-23-52(50)55)45-29-27-39-15-4-5-17-42(39)35-45/h1-37H. The van der Waals surface area contributed by atoms with Gasteiger partial charge >= 0.3 is 0 Å². The highest BCUT2D eigenvalue weighted by atomic mass is 15.0. The molecule has 1 aromatic heterocycles. The Kier molecular flexibility index (Phi) is 8.50. The van der Waals surface area contributed by atoms with Crippen LogP contribution in [0.25, 0.3) is 121 Å². The van der Waals surface area contributed by atoms with E-state index in [4.69, 9.17) is 15.0 Å². The van der Waals surface area contributed by atoms with Crippen LogP contribution in [0.4, 0.5) is 0 Å². The Hall–Kier alpha value is -8.27. The molecule has 0 unspecified atom stereocenters. The minimum atomic E-state index is 0.625. The van der Waals surface area contributed by atoms with Gasteiger partial charge in [0.1, 0.15) is 0 Å². The van der Waals surface area contributed by atoms with Gasteiger partial charge in [0.05, 0.1) is 0 Å². The van der Waals surface area contributed by atoms with E-state index >= 15 is 0 Å². The van der Waals surface area contributed by atoms with Crippen molar-refractivity contribution in [2.24, 2.45) is 0 Å². The molecule has 0 amide bonds. The van der Waals surface area contributed by atoms with E-state index in [9.17, 15) is 0 Å². The molecule has 3 nitrogen and oxygen atoms in total. The van der Waals surface area contributed by atoms with Crippen LogP contribution in [0, 0.1) is 0 Å².